The van der Waals surface area contributed by atoms with Crippen molar-refractivity contribution in [1.29, 1.82) is 10.5 Å². The first-order valence-electron chi connectivity index (χ1n) is 32.3. The summed E-state index contributed by atoms with van der Waals surface area (Å²) < 4.78 is 25.6. The van der Waals surface area contributed by atoms with Gasteiger partial charge in [-0.1, -0.05) is 259 Å². The van der Waals surface area contributed by atoms with Gasteiger partial charge in [-0.3, -0.25) is 0 Å². The summed E-state index contributed by atoms with van der Waals surface area (Å²) >= 11 is 0. The topological polar surface area (TPSA) is 109 Å². The zero-order valence-electron chi connectivity index (χ0n) is 50.3. The van der Waals surface area contributed by atoms with Gasteiger partial charge in [0.05, 0.1) is 26.4 Å². The van der Waals surface area contributed by atoms with Gasteiger partial charge in [-0.2, -0.15) is 10.5 Å². The van der Waals surface area contributed by atoms with Crippen molar-refractivity contribution < 1.29 is 18.9 Å². The Bertz CT molecular complexity index is 1570. The minimum atomic E-state index is -0.302. The van der Waals surface area contributed by atoms with Gasteiger partial charge in [0.15, 0.2) is 0 Å². The minimum Gasteiger partial charge on any atom is -0.493 e. The molecule has 0 radical (unpaired) electrons. The summed E-state index contributed by atoms with van der Waals surface area (Å²) in [5, 5.41) is 27.9. The Morgan fingerprint density at radius 3 is 0.684 bits per heavy atom. The lowest BCUT2D eigenvalue weighted by Gasteiger charge is -2.21. The van der Waals surface area contributed by atoms with E-state index in [2.05, 4.69) is 74.7 Å². The summed E-state index contributed by atoms with van der Waals surface area (Å²) in [4.78, 5) is 0. The van der Waals surface area contributed by atoms with Crippen LogP contribution in [0.15, 0.2) is 47.8 Å². The molecule has 8 nitrogen and oxygen atoms in total. The van der Waals surface area contributed by atoms with Crippen molar-refractivity contribution in [3.63, 3.8) is 0 Å². The van der Waals surface area contributed by atoms with Crippen LogP contribution in [0, 0.1) is 22.7 Å². The van der Waals surface area contributed by atoms with Crippen molar-refractivity contribution >= 4 is 0 Å². The average Bonchev–Trinajstić information content (AvgIpc) is 3.43. The van der Waals surface area contributed by atoms with Crippen molar-refractivity contribution in [2.45, 2.75) is 310 Å². The second kappa shape index (κ2) is 49.3. The summed E-state index contributed by atoms with van der Waals surface area (Å²) in [5.41, 5.74) is 2.26. The van der Waals surface area contributed by atoms with Gasteiger partial charge in [0.2, 0.25) is 0 Å². The first-order chi connectivity index (χ1) is 37.4. The molecule has 0 saturated carbocycles. The van der Waals surface area contributed by atoms with Crippen LogP contribution in [0.5, 0.6) is 23.0 Å². The Labute approximate surface area is 469 Å². The molecule has 2 atom stereocenters. The maximum absolute atomic E-state index is 10.6. The Morgan fingerprint density at radius 1 is 0.316 bits per heavy atom. The van der Waals surface area contributed by atoms with Crippen molar-refractivity contribution in [3.8, 4) is 35.1 Å². The van der Waals surface area contributed by atoms with E-state index in [1.807, 2.05) is 26.0 Å². The predicted molar refractivity (Wildman–Crippen MR) is 324 cm³/mol. The van der Waals surface area contributed by atoms with E-state index < -0.39 is 0 Å². The first-order valence-corrected chi connectivity index (χ1v) is 32.3. The molecule has 2 rings (SSSR count). The second-order valence-corrected chi connectivity index (χ2v) is 22.3. The fourth-order valence-electron chi connectivity index (χ4n) is 10.1. The average molecular weight is 1050 g/mol. The highest BCUT2D eigenvalue weighted by Gasteiger charge is 2.18. The number of allylic oxidation sites excluding steroid dienone is 2. The van der Waals surface area contributed by atoms with E-state index in [1.165, 1.54) is 205 Å². The molecule has 8 heteroatoms. The van der Waals surface area contributed by atoms with E-state index >= 15 is 0 Å². The summed E-state index contributed by atoms with van der Waals surface area (Å²) in [5.74, 6) is 3.10. The van der Waals surface area contributed by atoms with Crippen molar-refractivity contribution in [2.75, 3.05) is 26.4 Å². The Balaban J connectivity index is 2.15. The standard InChI is InChI=1S/C68H116N4O4/c1-7-11-15-19-23-27-31-35-39-43-47-73-63-51-61(52-64(55-63)74-48-44-40-36-32-28-24-20-16-12-8-2)59(5)71-67(57-69)68(58-70)72-60(6)62-53-65(75-49-45-41-37-33-29-25-21-17-13-9-3)56-66(54-62)76-50-46-42-38-34-30-26-22-18-14-10-4/h51-56,59-60,71-72H,7-50H2,1-6H3/b68-67-. The lowest BCUT2D eigenvalue weighted by molar-refractivity contribution is 0.288. The summed E-state index contributed by atoms with van der Waals surface area (Å²) in [6, 6.07) is 16.3. The summed E-state index contributed by atoms with van der Waals surface area (Å²) in [6.45, 7) is 15.8. The molecule has 0 amide bonds. The van der Waals surface area contributed by atoms with Gasteiger partial charge in [-0.15, -0.1) is 0 Å². The fraction of sp³-hybridized carbons (Fsp3) is 0.765. The monoisotopic (exact) mass is 1050 g/mol. The van der Waals surface area contributed by atoms with Gasteiger partial charge >= 0.3 is 0 Å². The van der Waals surface area contributed by atoms with Crippen molar-refractivity contribution in [1.82, 2.24) is 10.6 Å². The zero-order chi connectivity index (χ0) is 54.8. The minimum absolute atomic E-state index is 0.192. The predicted octanol–water partition coefficient (Wildman–Crippen LogP) is 21.1. The molecule has 0 saturated heterocycles. The molecule has 2 N–H and O–H groups in total. The van der Waals surface area contributed by atoms with Crippen LogP contribution in [0.4, 0.5) is 0 Å². The molecule has 0 bridgehead atoms. The highest BCUT2D eigenvalue weighted by atomic mass is 16.5. The van der Waals surface area contributed by atoms with Crippen LogP contribution >= 0.6 is 0 Å². The number of unbranched alkanes of at least 4 members (excludes halogenated alkanes) is 36. The molecule has 0 spiro atoms. The van der Waals surface area contributed by atoms with Gasteiger partial charge < -0.3 is 29.6 Å². The Hall–Kier alpha value is -4.04. The highest BCUT2D eigenvalue weighted by molar-refractivity contribution is 5.43. The van der Waals surface area contributed by atoms with E-state index in [-0.39, 0.29) is 23.5 Å². The lowest BCUT2D eigenvalue weighted by atomic mass is 10.1. The Kier molecular flexibility index (Phi) is 44.1. The van der Waals surface area contributed by atoms with Gasteiger partial charge in [-0.25, -0.2) is 0 Å². The first kappa shape index (κ1) is 68.1. The molecule has 2 aromatic carbocycles. The Morgan fingerprint density at radius 2 is 0.500 bits per heavy atom. The summed E-state index contributed by atoms with van der Waals surface area (Å²) in [6.07, 6.45) is 51.1. The number of nitriles is 2. The molecule has 0 aromatic heterocycles. The number of hydrogen-bond acceptors (Lipinski definition) is 8. The second-order valence-electron chi connectivity index (χ2n) is 22.3. The van der Waals surface area contributed by atoms with Gasteiger partial charge in [0.25, 0.3) is 0 Å². The molecular weight excluding hydrogens is 937 g/mol. The van der Waals surface area contributed by atoms with Crippen molar-refractivity contribution in [3.05, 3.63) is 58.9 Å². The van der Waals surface area contributed by atoms with E-state index in [0.717, 1.165) is 85.5 Å². The van der Waals surface area contributed by atoms with E-state index in [1.54, 1.807) is 0 Å². The number of rotatable bonds is 54. The van der Waals surface area contributed by atoms with Crippen LogP contribution in [0.3, 0.4) is 0 Å². The SMILES string of the molecule is CCCCCCCCCCCCOc1cc(OCCCCCCCCCCCC)cc(C(C)N/C(C#N)=C(/C#N)NC(C)c2cc(OCCCCCCCCCCCC)cc(OCCCCCCCCCCCC)c2)c1. The maximum Gasteiger partial charge on any atom is 0.148 e. The van der Waals surface area contributed by atoms with Crippen LogP contribution in [-0.2, 0) is 0 Å². The molecular formula is C68H116N4O4. The maximum atomic E-state index is 10.6. The fourth-order valence-corrected chi connectivity index (χ4v) is 10.1. The third-order valence-electron chi connectivity index (χ3n) is 15.1. The van der Waals surface area contributed by atoms with Crippen LogP contribution in [0.25, 0.3) is 0 Å². The number of nitrogens with zero attached hydrogens (tertiary/aromatic N) is 2. The number of ether oxygens (including phenoxy) is 4. The third kappa shape index (κ3) is 36.1. The van der Waals surface area contributed by atoms with E-state index in [9.17, 15) is 10.5 Å². The molecule has 0 aliphatic carbocycles. The molecule has 0 aliphatic rings. The van der Waals surface area contributed by atoms with Crippen LogP contribution in [0.2, 0.25) is 0 Å². The number of benzene rings is 2. The van der Waals surface area contributed by atoms with E-state index in [0.29, 0.717) is 26.4 Å². The number of nitrogens with one attached hydrogen (secondary N) is 2. The largest absolute Gasteiger partial charge is 0.493 e. The van der Waals surface area contributed by atoms with Gasteiger partial charge in [0, 0.05) is 24.2 Å². The smallest absolute Gasteiger partial charge is 0.148 e. The normalized spacial score (nSPS) is 12.4. The molecule has 0 fully saturated rings. The van der Waals surface area contributed by atoms with Crippen LogP contribution in [-0.4, -0.2) is 26.4 Å². The molecule has 2 aromatic rings. The van der Waals surface area contributed by atoms with Gasteiger partial charge in [0.1, 0.15) is 46.5 Å². The highest BCUT2D eigenvalue weighted by Crippen LogP contribution is 2.31. The van der Waals surface area contributed by atoms with Crippen LogP contribution in [0.1, 0.15) is 322 Å². The zero-order valence-corrected chi connectivity index (χ0v) is 50.3. The number of hydrogen-bond donors (Lipinski definition) is 2. The van der Waals surface area contributed by atoms with Crippen LogP contribution < -0.4 is 29.6 Å². The quantitative estimate of drug-likeness (QED) is 0.0498. The molecule has 0 aliphatic heterocycles. The third-order valence-corrected chi connectivity index (χ3v) is 15.1. The summed E-state index contributed by atoms with van der Waals surface area (Å²) in [7, 11) is 0. The lowest BCUT2D eigenvalue weighted by Crippen LogP contribution is -2.25. The van der Waals surface area contributed by atoms with E-state index in [4.69, 9.17) is 18.9 Å². The molecule has 0 heterocycles. The molecule has 432 valence electrons. The van der Waals surface area contributed by atoms with Gasteiger partial charge in [-0.05, 0) is 74.9 Å². The molecule has 2 unspecified atom stereocenters. The van der Waals surface area contributed by atoms with Crippen molar-refractivity contribution in [2.24, 2.45) is 0 Å². The molecule has 76 heavy (non-hydrogen) atoms.